The van der Waals surface area contributed by atoms with Gasteiger partial charge in [-0.2, -0.15) is 0 Å². The van der Waals surface area contributed by atoms with E-state index in [0.29, 0.717) is 5.56 Å². The number of carboxylic acid groups (broad SMARTS) is 1. The van der Waals surface area contributed by atoms with Gasteiger partial charge in [-0.1, -0.05) is 28.1 Å². The Morgan fingerprint density at radius 2 is 2.13 bits per heavy atom. The summed E-state index contributed by atoms with van der Waals surface area (Å²) in [6.45, 7) is 0. The van der Waals surface area contributed by atoms with Crippen molar-refractivity contribution in [3.05, 3.63) is 34.3 Å². The average molecular weight is 272 g/mol. The molecule has 15 heavy (non-hydrogen) atoms. The van der Waals surface area contributed by atoms with Gasteiger partial charge in [0.2, 0.25) is 0 Å². The van der Waals surface area contributed by atoms with E-state index in [-0.39, 0.29) is 0 Å². The molecule has 1 rings (SSSR count). The monoisotopic (exact) mass is 271 g/mol. The minimum Gasteiger partial charge on any atom is -0.480 e. The third-order valence-corrected chi connectivity index (χ3v) is 2.40. The van der Waals surface area contributed by atoms with Crippen molar-refractivity contribution in [1.82, 2.24) is 5.32 Å². The van der Waals surface area contributed by atoms with Gasteiger partial charge >= 0.3 is 5.97 Å². The van der Waals surface area contributed by atoms with Crippen LogP contribution in [-0.2, 0) is 4.79 Å². The van der Waals surface area contributed by atoms with Crippen LogP contribution in [0.15, 0.2) is 28.7 Å². The zero-order chi connectivity index (χ0) is 11.4. The number of hydrogen-bond donors (Lipinski definition) is 2. The van der Waals surface area contributed by atoms with Crippen molar-refractivity contribution in [2.75, 3.05) is 7.05 Å². The summed E-state index contributed by atoms with van der Waals surface area (Å²) in [5, 5.41) is 11.2. The predicted octanol–water partition coefficient (Wildman–Crippen LogP) is 1.30. The van der Waals surface area contributed by atoms with E-state index in [2.05, 4.69) is 21.2 Å². The van der Waals surface area contributed by atoms with E-state index in [9.17, 15) is 9.59 Å². The smallest absolute Gasteiger partial charge is 0.328 e. The molecular formula is C10H10BrNO3. The molecule has 0 amide bonds. The Morgan fingerprint density at radius 3 is 2.60 bits per heavy atom. The average Bonchev–Trinajstić information content (AvgIpc) is 2.18. The molecule has 1 aromatic rings. The van der Waals surface area contributed by atoms with Gasteiger partial charge in [-0.15, -0.1) is 0 Å². The van der Waals surface area contributed by atoms with Gasteiger partial charge in [0.1, 0.15) is 0 Å². The van der Waals surface area contributed by atoms with E-state index >= 15 is 0 Å². The number of carbonyl (C=O) groups excluding carboxylic acids is 1. The Balaban J connectivity index is 2.98. The lowest BCUT2D eigenvalue weighted by atomic mass is 10.0. The van der Waals surface area contributed by atoms with E-state index in [1.807, 2.05) is 0 Å². The Morgan fingerprint density at radius 1 is 1.47 bits per heavy atom. The summed E-state index contributed by atoms with van der Waals surface area (Å²) in [7, 11) is 1.44. The molecule has 0 radical (unpaired) electrons. The molecule has 1 aromatic carbocycles. The van der Waals surface area contributed by atoms with Gasteiger partial charge in [0.15, 0.2) is 11.8 Å². The molecule has 5 heteroatoms. The molecular weight excluding hydrogens is 262 g/mol. The second kappa shape index (κ2) is 5.04. The number of hydrogen-bond acceptors (Lipinski definition) is 3. The largest absolute Gasteiger partial charge is 0.480 e. The van der Waals surface area contributed by atoms with Gasteiger partial charge in [-0.05, 0) is 19.2 Å². The third-order valence-electron chi connectivity index (χ3n) is 1.91. The Bertz CT molecular complexity index is 392. The fourth-order valence-corrected chi connectivity index (χ4v) is 1.57. The van der Waals surface area contributed by atoms with Crippen LogP contribution in [0.5, 0.6) is 0 Å². The number of aliphatic carboxylic acids is 1. The number of nitrogens with one attached hydrogen (secondary N) is 1. The predicted molar refractivity (Wildman–Crippen MR) is 59.0 cm³/mol. The summed E-state index contributed by atoms with van der Waals surface area (Å²) in [4.78, 5) is 22.4. The highest BCUT2D eigenvalue weighted by Crippen LogP contribution is 2.13. The van der Waals surface area contributed by atoms with Crippen LogP contribution >= 0.6 is 15.9 Å². The quantitative estimate of drug-likeness (QED) is 0.640. The van der Waals surface area contributed by atoms with Crippen molar-refractivity contribution in [1.29, 1.82) is 0 Å². The maximum Gasteiger partial charge on any atom is 0.328 e. The molecule has 0 aliphatic heterocycles. The van der Waals surface area contributed by atoms with Gasteiger partial charge in [-0.3, -0.25) is 9.59 Å². The van der Waals surface area contributed by atoms with E-state index in [1.54, 1.807) is 24.3 Å². The highest BCUT2D eigenvalue weighted by atomic mass is 79.9. The normalized spacial score (nSPS) is 12.1. The number of benzene rings is 1. The zero-order valence-corrected chi connectivity index (χ0v) is 9.61. The fourth-order valence-electron chi connectivity index (χ4n) is 1.18. The van der Waals surface area contributed by atoms with Crippen LogP contribution in [0.4, 0.5) is 0 Å². The SMILES string of the molecule is CNC(C(=O)O)C(=O)c1cccc(Br)c1. The maximum absolute atomic E-state index is 11.7. The molecule has 1 atom stereocenters. The molecule has 2 N–H and O–H groups in total. The Kier molecular flexibility index (Phi) is 3.99. The van der Waals surface area contributed by atoms with E-state index in [1.165, 1.54) is 7.05 Å². The van der Waals surface area contributed by atoms with Gasteiger partial charge in [0, 0.05) is 10.0 Å². The highest BCUT2D eigenvalue weighted by Gasteiger charge is 2.25. The summed E-state index contributed by atoms with van der Waals surface area (Å²) in [6.07, 6.45) is 0. The van der Waals surface area contributed by atoms with Crippen molar-refractivity contribution in [2.45, 2.75) is 6.04 Å². The summed E-state index contributed by atoms with van der Waals surface area (Å²) < 4.78 is 0.744. The number of carboxylic acids is 1. The number of rotatable bonds is 4. The molecule has 0 fully saturated rings. The first-order valence-electron chi connectivity index (χ1n) is 4.26. The summed E-state index contributed by atoms with van der Waals surface area (Å²) in [5.74, 6) is -1.63. The van der Waals surface area contributed by atoms with Crippen LogP contribution in [0, 0.1) is 0 Å². The zero-order valence-electron chi connectivity index (χ0n) is 8.03. The molecule has 4 nitrogen and oxygen atoms in total. The topological polar surface area (TPSA) is 66.4 Å². The Hall–Kier alpha value is -1.20. The fraction of sp³-hybridized carbons (Fsp3) is 0.200. The molecule has 0 aromatic heterocycles. The molecule has 0 bridgehead atoms. The van der Waals surface area contributed by atoms with E-state index < -0.39 is 17.8 Å². The molecule has 0 spiro atoms. The number of carbonyl (C=O) groups is 2. The standard InChI is InChI=1S/C10H10BrNO3/c1-12-8(10(14)15)9(13)6-3-2-4-7(11)5-6/h2-5,8,12H,1H3,(H,14,15). The summed E-state index contributed by atoms with van der Waals surface area (Å²) in [5.41, 5.74) is 0.367. The molecule has 1 unspecified atom stereocenters. The van der Waals surface area contributed by atoms with Crippen molar-refractivity contribution in [3.63, 3.8) is 0 Å². The molecule has 80 valence electrons. The number of Topliss-reactive ketones (excluding diaryl/α,β-unsaturated/α-hetero) is 1. The number of likely N-dealkylation sites (N-methyl/N-ethyl adjacent to an activating group) is 1. The maximum atomic E-state index is 11.7. The van der Waals surface area contributed by atoms with Gasteiger partial charge in [0.25, 0.3) is 0 Å². The molecule has 0 saturated heterocycles. The van der Waals surface area contributed by atoms with Crippen LogP contribution in [0.3, 0.4) is 0 Å². The van der Waals surface area contributed by atoms with Crippen LogP contribution < -0.4 is 5.32 Å². The number of halogens is 1. The van der Waals surface area contributed by atoms with Crippen LogP contribution in [0.2, 0.25) is 0 Å². The minimum absolute atomic E-state index is 0.367. The van der Waals surface area contributed by atoms with Gasteiger partial charge in [-0.25, -0.2) is 0 Å². The van der Waals surface area contributed by atoms with Crippen molar-refractivity contribution < 1.29 is 14.7 Å². The Labute approximate surface area is 95.4 Å². The first kappa shape index (κ1) is 11.9. The lowest BCUT2D eigenvalue weighted by Crippen LogP contribution is -2.41. The van der Waals surface area contributed by atoms with Crippen molar-refractivity contribution in [3.8, 4) is 0 Å². The summed E-state index contributed by atoms with van der Waals surface area (Å²) >= 11 is 3.22. The second-order valence-electron chi connectivity index (χ2n) is 2.93. The molecule has 0 aliphatic carbocycles. The van der Waals surface area contributed by atoms with Gasteiger partial charge in [0.05, 0.1) is 0 Å². The lowest BCUT2D eigenvalue weighted by molar-refractivity contribution is -0.137. The van der Waals surface area contributed by atoms with Crippen molar-refractivity contribution in [2.24, 2.45) is 0 Å². The number of ketones is 1. The lowest BCUT2D eigenvalue weighted by Gasteiger charge is -2.09. The summed E-state index contributed by atoms with van der Waals surface area (Å²) in [6, 6.07) is 5.44. The van der Waals surface area contributed by atoms with Gasteiger partial charge < -0.3 is 10.4 Å². The molecule has 0 saturated carbocycles. The van der Waals surface area contributed by atoms with E-state index in [4.69, 9.17) is 5.11 Å². The minimum atomic E-state index is -1.20. The first-order valence-corrected chi connectivity index (χ1v) is 5.05. The van der Waals surface area contributed by atoms with Crippen LogP contribution in [0.1, 0.15) is 10.4 Å². The van der Waals surface area contributed by atoms with E-state index in [0.717, 1.165) is 4.47 Å². The molecule has 0 heterocycles. The first-order chi connectivity index (χ1) is 7.06. The van der Waals surface area contributed by atoms with Crippen LogP contribution in [0.25, 0.3) is 0 Å². The van der Waals surface area contributed by atoms with Crippen molar-refractivity contribution >= 4 is 27.7 Å². The third kappa shape index (κ3) is 2.87. The highest BCUT2D eigenvalue weighted by molar-refractivity contribution is 9.10. The van der Waals surface area contributed by atoms with Crippen LogP contribution in [-0.4, -0.2) is 29.9 Å². The second-order valence-corrected chi connectivity index (χ2v) is 3.85. The molecule has 0 aliphatic rings.